The summed E-state index contributed by atoms with van der Waals surface area (Å²) in [5, 5.41) is 3.55. The Balaban J connectivity index is 0.00000253. The largest absolute Gasteiger partial charge is 0.455 e. The molecule has 6 rings (SSSR count). The van der Waals surface area contributed by atoms with Gasteiger partial charge in [0.05, 0.1) is 11.1 Å². The van der Waals surface area contributed by atoms with Gasteiger partial charge in [-0.15, -0.1) is 12.4 Å². The van der Waals surface area contributed by atoms with Gasteiger partial charge in [-0.1, -0.05) is 24.6 Å². The number of aromatic nitrogens is 1. The summed E-state index contributed by atoms with van der Waals surface area (Å²) in [6.45, 7) is 1.79. The van der Waals surface area contributed by atoms with Crippen molar-refractivity contribution in [3.63, 3.8) is 0 Å². The lowest BCUT2D eigenvalue weighted by Crippen LogP contribution is -2.30. The number of nitrogens with one attached hydrogen (secondary N) is 1. The van der Waals surface area contributed by atoms with Crippen LogP contribution in [0.1, 0.15) is 55.2 Å². The van der Waals surface area contributed by atoms with E-state index in [0.717, 1.165) is 56.8 Å². The van der Waals surface area contributed by atoms with Crippen LogP contribution in [0.15, 0.2) is 56.5 Å². The summed E-state index contributed by atoms with van der Waals surface area (Å²) in [6.07, 6.45) is 4.54. The van der Waals surface area contributed by atoms with Crippen molar-refractivity contribution in [1.29, 1.82) is 0 Å². The summed E-state index contributed by atoms with van der Waals surface area (Å²) in [6, 6.07) is 10.9. The summed E-state index contributed by atoms with van der Waals surface area (Å²) in [7, 11) is 0. The average molecular weight is 499 g/mol. The number of hydrogen-bond acceptors (Lipinski definition) is 4. The quantitative estimate of drug-likeness (QED) is 0.377. The van der Waals surface area contributed by atoms with E-state index in [-0.39, 0.29) is 40.9 Å². The summed E-state index contributed by atoms with van der Waals surface area (Å²) >= 11 is 0. The first-order valence-electron chi connectivity index (χ1n) is 11.8. The van der Waals surface area contributed by atoms with Crippen molar-refractivity contribution >= 4 is 34.3 Å². The van der Waals surface area contributed by atoms with Gasteiger partial charge < -0.3 is 9.73 Å². The predicted molar refractivity (Wildman–Crippen MR) is 134 cm³/mol. The van der Waals surface area contributed by atoms with Crippen LogP contribution in [0, 0.1) is 11.6 Å². The maximum Gasteiger partial charge on any atom is 0.270 e. The van der Waals surface area contributed by atoms with Crippen LogP contribution in [0.5, 0.6) is 0 Å². The first-order valence-corrected chi connectivity index (χ1v) is 11.8. The van der Waals surface area contributed by atoms with Crippen LogP contribution in [-0.4, -0.2) is 17.7 Å². The second-order valence-electron chi connectivity index (χ2n) is 9.33. The number of fused-ring (bicyclic) bond motifs is 2. The number of piperidine rings is 1. The Hall–Kier alpha value is -3.03. The Morgan fingerprint density at radius 1 is 0.943 bits per heavy atom. The molecule has 2 aliphatic rings. The zero-order valence-corrected chi connectivity index (χ0v) is 19.8. The molecule has 4 aromatic rings. The second kappa shape index (κ2) is 9.21. The summed E-state index contributed by atoms with van der Waals surface area (Å²) < 4.78 is 36.3. The van der Waals surface area contributed by atoms with E-state index in [4.69, 9.17) is 4.42 Å². The first-order chi connectivity index (χ1) is 16.5. The SMILES string of the molecule is Cl.O=c1c2cccc(C3CCNCC3)c2oc2cc(C3CCC3)n(-c3cccc(F)c3F)c(=O)c12. The molecule has 0 bridgehead atoms. The monoisotopic (exact) mass is 498 g/mol. The van der Waals surface area contributed by atoms with Crippen LogP contribution < -0.4 is 16.3 Å². The van der Waals surface area contributed by atoms with E-state index in [1.807, 2.05) is 12.1 Å². The van der Waals surface area contributed by atoms with Crippen LogP contribution in [-0.2, 0) is 0 Å². The van der Waals surface area contributed by atoms with Crippen LogP contribution in [0.4, 0.5) is 8.78 Å². The Bertz CT molecular complexity index is 1550. The maximum atomic E-state index is 14.8. The Morgan fingerprint density at radius 2 is 1.69 bits per heavy atom. The molecule has 1 N–H and O–H groups in total. The lowest BCUT2D eigenvalue weighted by molar-refractivity contribution is 0.402. The van der Waals surface area contributed by atoms with Crippen molar-refractivity contribution in [2.75, 3.05) is 13.1 Å². The smallest absolute Gasteiger partial charge is 0.270 e. The fourth-order valence-electron chi connectivity index (χ4n) is 5.36. The number of benzene rings is 2. The second-order valence-corrected chi connectivity index (χ2v) is 9.33. The molecule has 2 fully saturated rings. The van der Waals surface area contributed by atoms with Crippen molar-refractivity contribution in [2.24, 2.45) is 0 Å². The Morgan fingerprint density at radius 3 is 2.40 bits per heavy atom. The normalized spacial score (nSPS) is 16.9. The molecule has 0 amide bonds. The number of rotatable bonds is 3. The highest BCUT2D eigenvalue weighted by molar-refractivity contribution is 5.91. The molecule has 3 heterocycles. The molecule has 1 aliphatic carbocycles. The minimum absolute atomic E-state index is 0. The molecule has 182 valence electrons. The van der Waals surface area contributed by atoms with Crippen LogP contribution >= 0.6 is 12.4 Å². The van der Waals surface area contributed by atoms with E-state index >= 15 is 0 Å². The molecule has 1 saturated heterocycles. The molecule has 2 aromatic carbocycles. The number of halogens is 3. The molecule has 0 atom stereocenters. The third-order valence-corrected chi connectivity index (χ3v) is 7.40. The summed E-state index contributed by atoms with van der Waals surface area (Å²) in [5.41, 5.74) is 0.948. The number of pyridine rings is 1. The van der Waals surface area contributed by atoms with Gasteiger partial charge in [-0.2, -0.15) is 0 Å². The average Bonchev–Trinajstić information content (AvgIpc) is 2.81. The number of hydrogen-bond donors (Lipinski definition) is 1. The van der Waals surface area contributed by atoms with Crippen LogP contribution in [0.3, 0.4) is 0 Å². The summed E-state index contributed by atoms with van der Waals surface area (Å²) in [4.78, 5) is 27.3. The topological polar surface area (TPSA) is 64.2 Å². The predicted octanol–water partition coefficient (Wildman–Crippen LogP) is 5.53. The van der Waals surface area contributed by atoms with Crippen LogP contribution in [0.25, 0.3) is 27.6 Å². The van der Waals surface area contributed by atoms with Gasteiger partial charge in [-0.05, 0) is 74.4 Å². The van der Waals surface area contributed by atoms with Crippen molar-refractivity contribution < 1.29 is 13.2 Å². The molecular formula is C27H25ClF2N2O3. The van der Waals surface area contributed by atoms with Gasteiger partial charge in [0.1, 0.15) is 16.6 Å². The van der Waals surface area contributed by atoms with Crippen molar-refractivity contribution in [2.45, 2.75) is 43.9 Å². The van der Waals surface area contributed by atoms with Gasteiger partial charge in [0.15, 0.2) is 11.6 Å². The van der Waals surface area contributed by atoms with E-state index in [1.54, 1.807) is 12.1 Å². The molecular weight excluding hydrogens is 474 g/mol. The van der Waals surface area contributed by atoms with Gasteiger partial charge in [0.2, 0.25) is 5.43 Å². The van der Waals surface area contributed by atoms with E-state index < -0.39 is 22.6 Å². The highest BCUT2D eigenvalue weighted by Crippen LogP contribution is 2.38. The van der Waals surface area contributed by atoms with Gasteiger partial charge in [0, 0.05) is 11.8 Å². The minimum Gasteiger partial charge on any atom is -0.455 e. The van der Waals surface area contributed by atoms with Crippen LogP contribution in [0.2, 0.25) is 0 Å². The number of nitrogens with zero attached hydrogens (tertiary/aromatic N) is 1. The highest BCUT2D eigenvalue weighted by Gasteiger charge is 2.28. The molecule has 0 radical (unpaired) electrons. The molecule has 1 aliphatic heterocycles. The van der Waals surface area contributed by atoms with Crippen molar-refractivity contribution in [3.8, 4) is 5.69 Å². The van der Waals surface area contributed by atoms with E-state index in [9.17, 15) is 18.4 Å². The zero-order chi connectivity index (χ0) is 23.4. The van der Waals surface area contributed by atoms with E-state index in [1.165, 1.54) is 16.7 Å². The molecule has 35 heavy (non-hydrogen) atoms. The molecule has 1 saturated carbocycles. The fourth-order valence-corrected chi connectivity index (χ4v) is 5.36. The summed E-state index contributed by atoms with van der Waals surface area (Å²) in [5.74, 6) is -1.87. The maximum absolute atomic E-state index is 14.8. The standard InChI is InChI=1S/C27H24F2N2O3.ClH/c28-19-8-3-9-20(24(19)29)31-21(16-4-1-5-16)14-22-23(27(31)33)25(32)18-7-2-6-17(26(18)34-22)15-10-12-30-13-11-15;/h2-3,6-9,14-16,30H,1,4-5,10-13H2;1H. The molecule has 2 aromatic heterocycles. The Labute approximate surface area is 206 Å². The highest BCUT2D eigenvalue weighted by atomic mass is 35.5. The van der Waals surface area contributed by atoms with Gasteiger partial charge in [0.25, 0.3) is 5.56 Å². The fraction of sp³-hybridized carbons (Fsp3) is 0.333. The van der Waals surface area contributed by atoms with Gasteiger partial charge in [-0.3, -0.25) is 14.2 Å². The molecule has 8 heteroatoms. The van der Waals surface area contributed by atoms with Crippen molar-refractivity contribution in [1.82, 2.24) is 9.88 Å². The third-order valence-electron chi connectivity index (χ3n) is 7.40. The molecule has 0 unspecified atom stereocenters. The van der Waals surface area contributed by atoms with E-state index in [0.29, 0.717) is 16.7 Å². The zero-order valence-electron chi connectivity index (χ0n) is 19.0. The van der Waals surface area contributed by atoms with Gasteiger partial charge in [-0.25, -0.2) is 8.78 Å². The third kappa shape index (κ3) is 3.78. The molecule has 5 nitrogen and oxygen atoms in total. The first kappa shape index (κ1) is 23.7. The van der Waals surface area contributed by atoms with E-state index in [2.05, 4.69) is 5.32 Å². The number of para-hydroxylation sites is 1. The van der Waals surface area contributed by atoms with Crippen molar-refractivity contribution in [3.05, 3.63) is 85.9 Å². The lowest BCUT2D eigenvalue weighted by Gasteiger charge is -2.29. The van der Waals surface area contributed by atoms with Gasteiger partial charge >= 0.3 is 0 Å². The minimum atomic E-state index is -1.11. The lowest BCUT2D eigenvalue weighted by atomic mass is 9.82. The molecule has 0 spiro atoms. The Kier molecular flexibility index (Phi) is 6.23.